The lowest BCUT2D eigenvalue weighted by atomic mass is 10.4. The molecule has 0 aromatic carbocycles. The third-order valence-corrected chi connectivity index (χ3v) is 2.77. The summed E-state index contributed by atoms with van der Waals surface area (Å²) in [4.78, 5) is 2.48. The molecule has 0 aliphatic carbocycles. The zero-order valence-electron chi connectivity index (χ0n) is 7.47. The van der Waals surface area contributed by atoms with Crippen LogP contribution >= 0.6 is 11.8 Å². The molecule has 66 valence electrons. The fourth-order valence-corrected chi connectivity index (χ4v) is 2.05. The average Bonchev–Trinajstić information content (AvgIpc) is 2.03. The molecule has 0 saturated carbocycles. The van der Waals surface area contributed by atoms with Crippen molar-refractivity contribution in [2.24, 2.45) is 0 Å². The normalized spacial score (nSPS) is 21.0. The van der Waals surface area contributed by atoms with Gasteiger partial charge < -0.3 is 5.32 Å². The van der Waals surface area contributed by atoms with Crippen LogP contribution in [0.5, 0.6) is 0 Å². The molecule has 0 radical (unpaired) electrons. The van der Waals surface area contributed by atoms with E-state index in [1.807, 2.05) is 0 Å². The van der Waals surface area contributed by atoms with Gasteiger partial charge in [-0.2, -0.15) is 11.8 Å². The molecular formula is C8H18N2S. The Morgan fingerprint density at radius 3 is 2.55 bits per heavy atom. The summed E-state index contributed by atoms with van der Waals surface area (Å²) in [6.45, 7) is 7.96. The Bertz CT molecular complexity index is 100. The quantitative estimate of drug-likeness (QED) is 0.687. The Balaban J connectivity index is 2.05. The summed E-state index contributed by atoms with van der Waals surface area (Å²) in [6.07, 6.45) is 0. The van der Waals surface area contributed by atoms with Crippen molar-refractivity contribution < 1.29 is 0 Å². The molecule has 1 aliphatic heterocycles. The van der Waals surface area contributed by atoms with Gasteiger partial charge in [-0.25, -0.2) is 0 Å². The highest BCUT2D eigenvalue weighted by atomic mass is 32.2. The first-order chi connectivity index (χ1) is 5.29. The van der Waals surface area contributed by atoms with Crippen molar-refractivity contribution in [2.75, 3.05) is 31.3 Å². The number of nitrogens with zero attached hydrogens (tertiary/aromatic N) is 1. The van der Waals surface area contributed by atoms with E-state index >= 15 is 0 Å². The van der Waals surface area contributed by atoms with Crippen LogP contribution in [-0.2, 0) is 0 Å². The Labute approximate surface area is 73.7 Å². The van der Waals surface area contributed by atoms with Crippen LogP contribution in [0.15, 0.2) is 0 Å². The van der Waals surface area contributed by atoms with Crippen LogP contribution in [0.4, 0.5) is 0 Å². The zero-order valence-corrected chi connectivity index (χ0v) is 8.28. The summed E-state index contributed by atoms with van der Waals surface area (Å²) in [5.74, 6) is 2.61. The molecule has 3 heteroatoms. The summed E-state index contributed by atoms with van der Waals surface area (Å²) >= 11 is 2.06. The van der Waals surface area contributed by atoms with Crippen molar-refractivity contribution in [3.63, 3.8) is 0 Å². The van der Waals surface area contributed by atoms with Crippen LogP contribution in [0.1, 0.15) is 13.8 Å². The predicted molar refractivity (Wildman–Crippen MR) is 52.0 cm³/mol. The molecule has 11 heavy (non-hydrogen) atoms. The minimum Gasteiger partial charge on any atom is -0.302 e. The first-order valence-electron chi connectivity index (χ1n) is 4.32. The van der Waals surface area contributed by atoms with E-state index < -0.39 is 0 Å². The molecule has 1 N–H and O–H groups in total. The number of thioether (sulfide) groups is 1. The fraction of sp³-hybridized carbons (Fsp3) is 1.00. The van der Waals surface area contributed by atoms with E-state index in [0.717, 1.165) is 6.67 Å². The van der Waals surface area contributed by atoms with Crippen molar-refractivity contribution >= 4 is 11.8 Å². The van der Waals surface area contributed by atoms with E-state index in [-0.39, 0.29) is 0 Å². The van der Waals surface area contributed by atoms with Crippen molar-refractivity contribution in [1.29, 1.82) is 0 Å². The van der Waals surface area contributed by atoms with Gasteiger partial charge in [0.2, 0.25) is 0 Å². The minimum absolute atomic E-state index is 0.615. The standard InChI is InChI=1S/C8H18N2S/c1-8(2)9-7-10-3-5-11-6-4-10/h8-9H,3-7H2,1-2H3. The molecule has 1 saturated heterocycles. The van der Waals surface area contributed by atoms with Gasteiger partial charge in [-0.1, -0.05) is 0 Å². The summed E-state index contributed by atoms with van der Waals surface area (Å²) in [6, 6.07) is 0.615. The SMILES string of the molecule is CC(C)NCN1CCSCC1. The zero-order chi connectivity index (χ0) is 8.10. The topological polar surface area (TPSA) is 15.3 Å². The molecule has 2 nitrogen and oxygen atoms in total. The van der Waals surface area contributed by atoms with Crippen LogP contribution in [0.25, 0.3) is 0 Å². The van der Waals surface area contributed by atoms with E-state index in [9.17, 15) is 0 Å². The smallest absolute Gasteiger partial charge is 0.0483 e. The number of hydrogen-bond acceptors (Lipinski definition) is 3. The second-order valence-electron chi connectivity index (χ2n) is 3.25. The van der Waals surface area contributed by atoms with E-state index in [1.165, 1.54) is 24.6 Å². The highest BCUT2D eigenvalue weighted by Gasteiger charge is 2.09. The highest BCUT2D eigenvalue weighted by Crippen LogP contribution is 2.07. The Morgan fingerprint density at radius 1 is 1.36 bits per heavy atom. The molecule has 0 aromatic rings. The van der Waals surface area contributed by atoms with E-state index in [2.05, 4.69) is 35.8 Å². The average molecular weight is 174 g/mol. The number of hydrogen-bond donors (Lipinski definition) is 1. The van der Waals surface area contributed by atoms with Gasteiger partial charge in [0.05, 0.1) is 0 Å². The third kappa shape index (κ3) is 3.99. The van der Waals surface area contributed by atoms with Gasteiger partial charge in [0, 0.05) is 37.3 Å². The Hall–Kier alpha value is 0.270. The maximum absolute atomic E-state index is 3.43. The van der Waals surface area contributed by atoms with Crippen LogP contribution in [0.2, 0.25) is 0 Å². The van der Waals surface area contributed by atoms with Crippen LogP contribution < -0.4 is 5.32 Å². The van der Waals surface area contributed by atoms with Gasteiger partial charge in [-0.05, 0) is 13.8 Å². The van der Waals surface area contributed by atoms with Crippen molar-refractivity contribution in [3.8, 4) is 0 Å². The summed E-state index contributed by atoms with van der Waals surface area (Å²) in [5, 5.41) is 3.43. The fourth-order valence-electron chi connectivity index (χ4n) is 1.07. The van der Waals surface area contributed by atoms with Crippen LogP contribution in [0.3, 0.4) is 0 Å². The lowest BCUT2D eigenvalue weighted by molar-refractivity contribution is 0.268. The maximum atomic E-state index is 3.43. The van der Waals surface area contributed by atoms with Crippen molar-refractivity contribution in [2.45, 2.75) is 19.9 Å². The Kier molecular flexibility index (Phi) is 4.26. The van der Waals surface area contributed by atoms with E-state index in [1.54, 1.807) is 0 Å². The molecule has 0 aromatic heterocycles. The third-order valence-electron chi connectivity index (χ3n) is 1.83. The monoisotopic (exact) mass is 174 g/mol. The largest absolute Gasteiger partial charge is 0.302 e. The number of rotatable bonds is 3. The Morgan fingerprint density at radius 2 is 2.00 bits per heavy atom. The molecule has 0 atom stereocenters. The van der Waals surface area contributed by atoms with Crippen molar-refractivity contribution in [1.82, 2.24) is 10.2 Å². The minimum atomic E-state index is 0.615. The van der Waals surface area contributed by atoms with Gasteiger partial charge >= 0.3 is 0 Å². The molecule has 0 spiro atoms. The molecule has 0 unspecified atom stereocenters. The first-order valence-corrected chi connectivity index (χ1v) is 5.48. The number of nitrogens with one attached hydrogen (secondary N) is 1. The second kappa shape index (κ2) is 5.01. The lowest BCUT2D eigenvalue weighted by Crippen LogP contribution is -2.41. The van der Waals surface area contributed by atoms with Gasteiger partial charge in [0.15, 0.2) is 0 Å². The van der Waals surface area contributed by atoms with E-state index in [0.29, 0.717) is 6.04 Å². The summed E-state index contributed by atoms with van der Waals surface area (Å²) in [7, 11) is 0. The maximum Gasteiger partial charge on any atom is 0.0483 e. The molecule has 1 rings (SSSR count). The van der Waals surface area contributed by atoms with Gasteiger partial charge in [0.1, 0.15) is 0 Å². The predicted octanol–water partition coefficient (Wildman–Crippen LogP) is 0.991. The lowest BCUT2D eigenvalue weighted by Gasteiger charge is -2.27. The molecule has 0 amide bonds. The van der Waals surface area contributed by atoms with Crippen molar-refractivity contribution in [3.05, 3.63) is 0 Å². The first kappa shape index (κ1) is 9.36. The van der Waals surface area contributed by atoms with Gasteiger partial charge in [-0.15, -0.1) is 0 Å². The highest BCUT2D eigenvalue weighted by molar-refractivity contribution is 7.99. The van der Waals surface area contributed by atoms with Gasteiger partial charge in [-0.3, -0.25) is 4.90 Å². The second-order valence-corrected chi connectivity index (χ2v) is 4.47. The van der Waals surface area contributed by atoms with Gasteiger partial charge in [0.25, 0.3) is 0 Å². The molecule has 1 fully saturated rings. The molecule has 1 aliphatic rings. The summed E-state index contributed by atoms with van der Waals surface area (Å²) in [5.41, 5.74) is 0. The van der Waals surface area contributed by atoms with Crippen LogP contribution in [0, 0.1) is 0 Å². The molecule has 1 heterocycles. The summed E-state index contributed by atoms with van der Waals surface area (Å²) < 4.78 is 0. The molecular weight excluding hydrogens is 156 g/mol. The van der Waals surface area contributed by atoms with E-state index in [4.69, 9.17) is 0 Å². The van der Waals surface area contributed by atoms with Crippen LogP contribution in [-0.4, -0.2) is 42.2 Å². The molecule has 0 bridgehead atoms.